The summed E-state index contributed by atoms with van der Waals surface area (Å²) in [6.07, 6.45) is 0. The van der Waals surface area contributed by atoms with Gasteiger partial charge in [0, 0.05) is 0 Å². The molecular weight excluding hydrogens is 126 g/mol. The predicted molar refractivity (Wildman–Crippen MR) is 44.4 cm³/mol. The molecule has 0 radical (unpaired) electrons. The van der Waals surface area contributed by atoms with Gasteiger partial charge in [-0.15, -0.1) is 0 Å². The summed E-state index contributed by atoms with van der Waals surface area (Å²) in [5.74, 6) is 0. The maximum Gasteiger partial charge on any atom is 0.487 e. The van der Waals surface area contributed by atoms with Crippen LogP contribution >= 0.6 is 0 Å². The second-order valence-electron chi connectivity index (χ2n) is 2.23. The molecule has 1 rings (SSSR count). The quantitative estimate of drug-likeness (QED) is 0.421. The Morgan fingerprint density at radius 2 is 1.80 bits per heavy atom. The van der Waals surface area contributed by atoms with E-state index in [9.17, 15) is 0 Å². The highest BCUT2D eigenvalue weighted by Gasteiger charge is 2.11. The third-order valence-electron chi connectivity index (χ3n) is 1.47. The van der Waals surface area contributed by atoms with E-state index in [0.29, 0.717) is 5.46 Å². The molecule has 0 heterocycles. The van der Waals surface area contributed by atoms with Crippen LogP contribution < -0.4 is 10.9 Å². The van der Waals surface area contributed by atoms with Gasteiger partial charge in [-0.3, -0.25) is 0 Å². The molecule has 0 saturated heterocycles. The van der Waals surface area contributed by atoms with Crippen LogP contribution in [0.1, 0.15) is 0 Å². The summed E-state index contributed by atoms with van der Waals surface area (Å²) >= 11 is 0. The van der Waals surface area contributed by atoms with Gasteiger partial charge in [0.25, 0.3) is 0 Å². The summed E-state index contributed by atoms with van der Waals surface area (Å²) in [5.41, 5.74) is 1.47. The zero-order valence-corrected chi connectivity index (χ0v) is 5.78. The highest BCUT2D eigenvalue weighted by Crippen LogP contribution is 1.79. The largest absolute Gasteiger partial charge is 0.487 e. The molecule has 2 nitrogen and oxygen atoms in total. The summed E-state index contributed by atoms with van der Waals surface area (Å²) in [7, 11) is 0.496. The Morgan fingerprint density at radius 1 is 1.20 bits per heavy atom. The van der Waals surface area contributed by atoms with Crippen molar-refractivity contribution in [2.45, 2.75) is 0 Å². The smallest absolute Gasteiger partial charge is 0.423 e. The standard InChI is InChI=1S/C6H8B2O2/c7-5-3-1-2-4-6(5)8(9)10/h1-4,9-10H,7H2. The van der Waals surface area contributed by atoms with Crippen LogP contribution in [-0.2, 0) is 0 Å². The van der Waals surface area contributed by atoms with Crippen molar-refractivity contribution in [2.75, 3.05) is 0 Å². The number of benzene rings is 1. The first kappa shape index (κ1) is 7.38. The van der Waals surface area contributed by atoms with Crippen LogP contribution in [0.2, 0.25) is 0 Å². The Balaban J connectivity index is 3.03. The van der Waals surface area contributed by atoms with Crippen molar-refractivity contribution >= 4 is 25.9 Å². The van der Waals surface area contributed by atoms with E-state index in [4.69, 9.17) is 10.0 Å². The van der Waals surface area contributed by atoms with Crippen molar-refractivity contribution < 1.29 is 10.0 Å². The van der Waals surface area contributed by atoms with Gasteiger partial charge in [-0.05, 0) is 5.46 Å². The minimum Gasteiger partial charge on any atom is -0.423 e. The average molecular weight is 134 g/mol. The maximum atomic E-state index is 8.76. The fourth-order valence-electron chi connectivity index (χ4n) is 0.876. The molecule has 4 heteroatoms. The molecule has 0 aliphatic carbocycles. The first-order valence-corrected chi connectivity index (χ1v) is 3.13. The molecule has 1 aromatic rings. The molecular formula is C6H8B2O2. The normalized spacial score (nSPS) is 9.40. The summed E-state index contributed by atoms with van der Waals surface area (Å²) in [6.45, 7) is 0. The van der Waals surface area contributed by atoms with Crippen LogP contribution in [0.3, 0.4) is 0 Å². The third kappa shape index (κ3) is 1.40. The van der Waals surface area contributed by atoms with E-state index in [-0.39, 0.29) is 0 Å². The second kappa shape index (κ2) is 2.90. The van der Waals surface area contributed by atoms with Crippen LogP contribution in [0.5, 0.6) is 0 Å². The second-order valence-corrected chi connectivity index (χ2v) is 2.23. The average Bonchev–Trinajstić information content (AvgIpc) is 1.88. The highest BCUT2D eigenvalue weighted by atomic mass is 16.4. The zero-order valence-electron chi connectivity index (χ0n) is 5.78. The molecule has 0 aliphatic heterocycles. The summed E-state index contributed by atoms with van der Waals surface area (Å²) in [5, 5.41) is 17.5. The van der Waals surface area contributed by atoms with Gasteiger partial charge in [0.05, 0.1) is 0 Å². The SMILES string of the molecule is Bc1ccccc1B(O)O. The highest BCUT2D eigenvalue weighted by molar-refractivity contribution is 6.64. The molecule has 0 bridgehead atoms. The van der Waals surface area contributed by atoms with Gasteiger partial charge >= 0.3 is 7.12 Å². The minimum atomic E-state index is -1.35. The molecule has 50 valence electrons. The Kier molecular flexibility index (Phi) is 2.14. The van der Waals surface area contributed by atoms with E-state index in [2.05, 4.69) is 0 Å². The maximum absolute atomic E-state index is 8.76. The van der Waals surface area contributed by atoms with E-state index in [1.54, 1.807) is 12.1 Å². The molecule has 0 fully saturated rings. The van der Waals surface area contributed by atoms with Gasteiger partial charge in [-0.25, -0.2) is 0 Å². The van der Waals surface area contributed by atoms with E-state index < -0.39 is 7.12 Å². The van der Waals surface area contributed by atoms with E-state index in [0.717, 1.165) is 5.46 Å². The summed E-state index contributed by atoms with van der Waals surface area (Å²) in [4.78, 5) is 0. The number of hydrogen-bond acceptors (Lipinski definition) is 2. The van der Waals surface area contributed by atoms with Crippen LogP contribution in [0.15, 0.2) is 24.3 Å². The predicted octanol–water partition coefficient (Wildman–Crippen LogP) is -2.38. The first-order chi connectivity index (χ1) is 4.72. The minimum absolute atomic E-state index is 0.572. The van der Waals surface area contributed by atoms with Gasteiger partial charge in [0.2, 0.25) is 0 Å². The molecule has 0 atom stereocenters. The fourth-order valence-corrected chi connectivity index (χ4v) is 0.876. The van der Waals surface area contributed by atoms with E-state index >= 15 is 0 Å². The Labute approximate surface area is 61.1 Å². The van der Waals surface area contributed by atoms with Crippen LogP contribution in [0, 0.1) is 0 Å². The topological polar surface area (TPSA) is 40.5 Å². The lowest BCUT2D eigenvalue weighted by molar-refractivity contribution is 0.426. The van der Waals surface area contributed by atoms with Crippen LogP contribution in [0.25, 0.3) is 0 Å². The molecule has 0 aromatic heterocycles. The van der Waals surface area contributed by atoms with Crippen molar-refractivity contribution in [3.8, 4) is 0 Å². The number of hydrogen-bond donors (Lipinski definition) is 2. The lowest BCUT2D eigenvalue weighted by Gasteiger charge is -2.01. The van der Waals surface area contributed by atoms with Gasteiger partial charge in [-0.2, -0.15) is 0 Å². The Hall–Kier alpha value is -0.730. The van der Waals surface area contributed by atoms with Gasteiger partial charge in [0.1, 0.15) is 7.85 Å². The Morgan fingerprint density at radius 3 is 2.20 bits per heavy atom. The van der Waals surface area contributed by atoms with Crippen LogP contribution in [-0.4, -0.2) is 25.0 Å². The summed E-state index contributed by atoms with van der Waals surface area (Å²) < 4.78 is 0. The number of rotatable bonds is 1. The van der Waals surface area contributed by atoms with Crippen LogP contribution in [0.4, 0.5) is 0 Å². The third-order valence-corrected chi connectivity index (χ3v) is 1.47. The molecule has 0 saturated carbocycles. The van der Waals surface area contributed by atoms with Gasteiger partial charge in [0.15, 0.2) is 0 Å². The van der Waals surface area contributed by atoms with Crippen molar-refractivity contribution in [1.82, 2.24) is 0 Å². The molecule has 0 amide bonds. The van der Waals surface area contributed by atoms with Crippen molar-refractivity contribution in [3.05, 3.63) is 24.3 Å². The van der Waals surface area contributed by atoms with Crippen molar-refractivity contribution in [2.24, 2.45) is 0 Å². The van der Waals surface area contributed by atoms with Crippen molar-refractivity contribution in [1.29, 1.82) is 0 Å². The monoisotopic (exact) mass is 134 g/mol. The van der Waals surface area contributed by atoms with E-state index in [1.807, 2.05) is 20.0 Å². The Bertz CT molecular complexity index is 225. The molecule has 0 unspecified atom stereocenters. The molecule has 10 heavy (non-hydrogen) atoms. The molecule has 2 N–H and O–H groups in total. The van der Waals surface area contributed by atoms with Gasteiger partial charge < -0.3 is 10.0 Å². The van der Waals surface area contributed by atoms with Crippen molar-refractivity contribution in [3.63, 3.8) is 0 Å². The zero-order chi connectivity index (χ0) is 7.56. The summed E-state index contributed by atoms with van der Waals surface area (Å²) in [6, 6.07) is 7.18. The van der Waals surface area contributed by atoms with Gasteiger partial charge in [-0.1, -0.05) is 29.7 Å². The lowest BCUT2D eigenvalue weighted by atomic mass is 9.72. The molecule has 0 aliphatic rings. The van der Waals surface area contributed by atoms with E-state index in [1.165, 1.54) is 0 Å². The lowest BCUT2D eigenvalue weighted by Crippen LogP contribution is -2.40. The fraction of sp³-hybridized carbons (Fsp3) is 0. The molecule has 1 aromatic carbocycles. The first-order valence-electron chi connectivity index (χ1n) is 3.13. The molecule has 0 spiro atoms.